The van der Waals surface area contributed by atoms with Gasteiger partial charge in [0, 0.05) is 6.04 Å². The molecule has 2 atom stereocenters. The Morgan fingerprint density at radius 2 is 1.75 bits per heavy atom. The molecule has 1 aromatic carbocycles. The Hall–Kier alpha value is -1.09. The van der Waals surface area contributed by atoms with Crippen LogP contribution in [0.25, 0.3) is 0 Å². The summed E-state index contributed by atoms with van der Waals surface area (Å²) in [6.07, 6.45) is 5.68. The van der Waals surface area contributed by atoms with E-state index >= 15 is 0 Å². The Balaban J connectivity index is 1.99. The van der Waals surface area contributed by atoms with Crippen molar-refractivity contribution in [1.29, 1.82) is 0 Å². The maximum atomic E-state index is 12.7. The summed E-state index contributed by atoms with van der Waals surface area (Å²) in [5.41, 5.74) is 6.06. The lowest BCUT2D eigenvalue weighted by Gasteiger charge is -2.22. The molecular formula is C13H18FNO. The second kappa shape index (κ2) is 5.30. The molecule has 1 aliphatic rings. The van der Waals surface area contributed by atoms with E-state index in [2.05, 4.69) is 0 Å². The minimum Gasteiger partial charge on any atom is -0.489 e. The zero-order valence-corrected chi connectivity index (χ0v) is 9.36. The molecule has 88 valence electrons. The third kappa shape index (κ3) is 2.95. The van der Waals surface area contributed by atoms with Crippen LogP contribution >= 0.6 is 0 Å². The summed E-state index contributed by atoms with van der Waals surface area (Å²) in [5.74, 6) is 0.473. The minimum absolute atomic E-state index is 0.0768. The van der Waals surface area contributed by atoms with Crippen molar-refractivity contribution >= 4 is 0 Å². The second-order valence-corrected chi connectivity index (χ2v) is 4.41. The van der Waals surface area contributed by atoms with Gasteiger partial charge < -0.3 is 10.5 Å². The lowest BCUT2D eigenvalue weighted by atomic mass is 10.1. The van der Waals surface area contributed by atoms with Crippen LogP contribution in [-0.4, -0.2) is 12.1 Å². The predicted octanol–water partition coefficient (Wildman–Crippen LogP) is 2.86. The molecule has 16 heavy (non-hydrogen) atoms. The van der Waals surface area contributed by atoms with Gasteiger partial charge in [-0.05, 0) is 43.5 Å². The number of hydrogen-bond donors (Lipinski definition) is 1. The molecule has 3 heteroatoms. The summed E-state index contributed by atoms with van der Waals surface area (Å²) in [7, 11) is 0. The first-order chi connectivity index (χ1) is 7.75. The van der Waals surface area contributed by atoms with Crippen LogP contribution < -0.4 is 10.5 Å². The van der Waals surface area contributed by atoms with Crippen LogP contribution in [0.1, 0.15) is 32.1 Å². The SMILES string of the molecule is N[C@@H]1CCCCC[C@@H]1Oc1ccc(F)cc1. The molecule has 2 nitrogen and oxygen atoms in total. The molecule has 0 aliphatic heterocycles. The van der Waals surface area contributed by atoms with Crippen LogP contribution in [-0.2, 0) is 0 Å². The Bertz CT molecular complexity index is 325. The van der Waals surface area contributed by atoms with Crippen molar-refractivity contribution in [3.8, 4) is 5.75 Å². The first-order valence-electron chi connectivity index (χ1n) is 5.93. The molecule has 0 spiro atoms. The van der Waals surface area contributed by atoms with Gasteiger partial charge in [-0.25, -0.2) is 4.39 Å². The zero-order valence-electron chi connectivity index (χ0n) is 9.36. The van der Waals surface area contributed by atoms with E-state index in [1.807, 2.05) is 0 Å². The van der Waals surface area contributed by atoms with Crippen LogP contribution in [0, 0.1) is 5.82 Å². The highest BCUT2D eigenvalue weighted by molar-refractivity contribution is 5.22. The quantitative estimate of drug-likeness (QED) is 0.782. The fourth-order valence-corrected chi connectivity index (χ4v) is 2.14. The summed E-state index contributed by atoms with van der Waals surface area (Å²) in [6, 6.07) is 6.25. The number of benzene rings is 1. The smallest absolute Gasteiger partial charge is 0.123 e. The second-order valence-electron chi connectivity index (χ2n) is 4.41. The Kier molecular flexibility index (Phi) is 3.78. The topological polar surface area (TPSA) is 35.2 Å². The fraction of sp³-hybridized carbons (Fsp3) is 0.538. The highest BCUT2D eigenvalue weighted by Gasteiger charge is 2.21. The Morgan fingerprint density at radius 3 is 2.50 bits per heavy atom. The molecule has 0 bridgehead atoms. The summed E-state index contributed by atoms with van der Waals surface area (Å²) in [5, 5.41) is 0. The van der Waals surface area contributed by atoms with E-state index in [0.717, 1.165) is 12.8 Å². The van der Waals surface area contributed by atoms with Crippen LogP contribution in [0.3, 0.4) is 0 Å². The van der Waals surface area contributed by atoms with Crippen molar-refractivity contribution in [2.45, 2.75) is 44.2 Å². The van der Waals surface area contributed by atoms with Crippen molar-refractivity contribution in [1.82, 2.24) is 0 Å². The van der Waals surface area contributed by atoms with Crippen molar-refractivity contribution < 1.29 is 9.13 Å². The van der Waals surface area contributed by atoms with Crippen LogP contribution in [0.5, 0.6) is 5.75 Å². The number of halogens is 1. The molecule has 0 aromatic heterocycles. The van der Waals surface area contributed by atoms with E-state index in [1.54, 1.807) is 12.1 Å². The van der Waals surface area contributed by atoms with Gasteiger partial charge in [0.25, 0.3) is 0 Å². The van der Waals surface area contributed by atoms with Gasteiger partial charge in [0.15, 0.2) is 0 Å². The van der Waals surface area contributed by atoms with Crippen LogP contribution in [0.2, 0.25) is 0 Å². The van der Waals surface area contributed by atoms with E-state index in [9.17, 15) is 4.39 Å². The third-order valence-corrected chi connectivity index (χ3v) is 3.10. The van der Waals surface area contributed by atoms with Crippen molar-refractivity contribution in [2.75, 3.05) is 0 Å². The molecule has 0 saturated heterocycles. The highest BCUT2D eigenvalue weighted by Crippen LogP contribution is 2.22. The molecule has 1 fully saturated rings. The molecule has 0 radical (unpaired) electrons. The predicted molar refractivity (Wildman–Crippen MR) is 61.9 cm³/mol. The molecule has 1 aromatic rings. The molecule has 0 amide bonds. The standard InChI is InChI=1S/C13H18FNO/c14-10-6-8-11(9-7-10)16-13-5-3-1-2-4-12(13)15/h6-9,12-13H,1-5,15H2/t12-,13+/m1/s1. The third-order valence-electron chi connectivity index (χ3n) is 3.10. The Labute approximate surface area is 95.6 Å². The van der Waals surface area contributed by atoms with Gasteiger partial charge in [0.2, 0.25) is 0 Å². The first-order valence-corrected chi connectivity index (χ1v) is 5.93. The number of rotatable bonds is 2. The minimum atomic E-state index is -0.238. The van der Waals surface area contributed by atoms with Crippen LogP contribution in [0.4, 0.5) is 4.39 Å². The number of hydrogen-bond acceptors (Lipinski definition) is 2. The maximum Gasteiger partial charge on any atom is 0.123 e. The van der Waals surface area contributed by atoms with E-state index in [1.165, 1.54) is 31.4 Å². The van der Waals surface area contributed by atoms with Gasteiger partial charge >= 0.3 is 0 Å². The molecule has 2 N–H and O–H groups in total. The number of nitrogens with two attached hydrogens (primary N) is 1. The molecule has 1 aliphatic carbocycles. The number of ether oxygens (including phenoxy) is 1. The monoisotopic (exact) mass is 223 g/mol. The van der Waals surface area contributed by atoms with Gasteiger partial charge in [-0.2, -0.15) is 0 Å². The van der Waals surface area contributed by atoms with E-state index in [4.69, 9.17) is 10.5 Å². The fourth-order valence-electron chi connectivity index (χ4n) is 2.14. The lowest BCUT2D eigenvalue weighted by Crippen LogP contribution is -2.37. The van der Waals surface area contributed by atoms with Crippen molar-refractivity contribution in [3.63, 3.8) is 0 Å². The summed E-state index contributed by atoms with van der Waals surface area (Å²) < 4.78 is 18.5. The maximum absolute atomic E-state index is 12.7. The first kappa shape index (κ1) is 11.4. The molecule has 0 heterocycles. The average Bonchev–Trinajstić information content (AvgIpc) is 2.48. The van der Waals surface area contributed by atoms with Gasteiger partial charge in [-0.1, -0.05) is 12.8 Å². The van der Waals surface area contributed by atoms with Crippen molar-refractivity contribution in [2.24, 2.45) is 5.73 Å². The van der Waals surface area contributed by atoms with E-state index < -0.39 is 0 Å². The molecule has 2 rings (SSSR count). The molecule has 0 unspecified atom stereocenters. The van der Waals surface area contributed by atoms with Crippen molar-refractivity contribution in [3.05, 3.63) is 30.1 Å². The van der Waals surface area contributed by atoms with Gasteiger partial charge in [-0.3, -0.25) is 0 Å². The molecular weight excluding hydrogens is 205 g/mol. The van der Waals surface area contributed by atoms with E-state index in [-0.39, 0.29) is 18.0 Å². The van der Waals surface area contributed by atoms with Gasteiger partial charge in [0.1, 0.15) is 17.7 Å². The van der Waals surface area contributed by atoms with E-state index in [0.29, 0.717) is 5.75 Å². The van der Waals surface area contributed by atoms with Gasteiger partial charge in [-0.15, -0.1) is 0 Å². The summed E-state index contributed by atoms with van der Waals surface area (Å²) >= 11 is 0. The average molecular weight is 223 g/mol. The van der Waals surface area contributed by atoms with Gasteiger partial charge in [0.05, 0.1) is 0 Å². The largest absolute Gasteiger partial charge is 0.489 e. The Morgan fingerprint density at radius 1 is 1.06 bits per heavy atom. The summed E-state index contributed by atoms with van der Waals surface area (Å²) in [4.78, 5) is 0. The highest BCUT2D eigenvalue weighted by atomic mass is 19.1. The normalized spacial score (nSPS) is 26.1. The van der Waals surface area contributed by atoms with Crippen LogP contribution in [0.15, 0.2) is 24.3 Å². The molecule has 1 saturated carbocycles. The lowest BCUT2D eigenvalue weighted by molar-refractivity contribution is 0.162. The summed E-state index contributed by atoms with van der Waals surface area (Å²) in [6.45, 7) is 0. The zero-order chi connectivity index (χ0) is 11.4.